The molecule has 0 bridgehead atoms. The van der Waals surface area contributed by atoms with Gasteiger partial charge in [0.05, 0.1) is 23.5 Å². The van der Waals surface area contributed by atoms with Crippen LogP contribution in [0.3, 0.4) is 0 Å². The number of hydrogen-bond donors (Lipinski definition) is 5. The monoisotopic (exact) mass is 1110 g/mol. The van der Waals surface area contributed by atoms with E-state index in [-0.39, 0.29) is 71.6 Å². The summed E-state index contributed by atoms with van der Waals surface area (Å²) in [5.41, 5.74) is 8.97. The van der Waals surface area contributed by atoms with E-state index in [1.807, 2.05) is 84.3 Å². The second kappa shape index (κ2) is 24.2. The second-order valence-electron chi connectivity index (χ2n) is 25.1. The van der Waals surface area contributed by atoms with Gasteiger partial charge in [-0.25, -0.2) is 4.68 Å². The van der Waals surface area contributed by atoms with Crippen molar-refractivity contribution in [1.82, 2.24) is 50.2 Å². The molecule has 4 fully saturated rings. The molecule has 4 heterocycles. The Balaban J connectivity index is 0.000000197. The largest absolute Gasteiger partial charge is 0.507 e. The summed E-state index contributed by atoms with van der Waals surface area (Å²) in [6.45, 7) is 23.7. The molecule has 0 radical (unpaired) electrons. The third kappa shape index (κ3) is 13.7. The normalized spacial score (nSPS) is 16.3. The zero-order chi connectivity index (χ0) is 57.3. The standard InChI is InChI=1S/C34H49N5O4Si.C28H35N5O3/c1-21(2)39-28(14-15-35-39)34(42)36-33(32(25-9-10-25)26-11-12-26)30(41)19-24-8-13-27(29(40)18-24)31-22(3)37-38(23(31)4)20-43-16-17-44(5,6)7;1-15(2)33-22(11-12-29-33)28(36)30-27(26(19-6-7-19)20-8-9-20)24(35)14-18-5-10-21(23(34)13-18)25-16(3)31-32-17(25)4/h8,13-15,18,21,25-26,32-33,40H,9-12,16-17,19-20H2,1-7H3,(H,36,42);5,10-13,15,19-20,26-27,34H,6-9,14H2,1-4H3,(H,30,36)(H,31,32)/t33-;27-/m11/s1. The molecule has 4 aromatic heterocycles. The van der Waals surface area contributed by atoms with Crippen molar-refractivity contribution in [3.05, 3.63) is 106 Å². The minimum Gasteiger partial charge on any atom is -0.507 e. The molecule has 80 heavy (non-hydrogen) atoms. The first-order valence-electron chi connectivity index (χ1n) is 29.1. The quantitative estimate of drug-likeness (QED) is 0.0268. The maximum atomic E-state index is 14.0. The van der Waals surface area contributed by atoms with Gasteiger partial charge in [-0.3, -0.25) is 33.6 Å². The Morgan fingerprint density at radius 1 is 0.650 bits per heavy atom. The number of aromatic nitrogens is 8. The van der Waals surface area contributed by atoms with Gasteiger partial charge < -0.3 is 25.6 Å². The number of carbonyl (C=O) groups is 4. The number of benzene rings is 2. The first-order valence-corrected chi connectivity index (χ1v) is 32.8. The highest BCUT2D eigenvalue weighted by Crippen LogP contribution is 2.52. The maximum Gasteiger partial charge on any atom is 0.270 e. The fourth-order valence-corrected chi connectivity index (χ4v) is 12.7. The van der Waals surface area contributed by atoms with Crippen LogP contribution in [0.25, 0.3) is 22.3 Å². The molecule has 5 N–H and O–H groups in total. The van der Waals surface area contributed by atoms with Gasteiger partial charge in [-0.1, -0.05) is 43.9 Å². The molecule has 4 saturated carbocycles. The topological polar surface area (TPSA) is 224 Å². The molecule has 4 aliphatic rings. The Morgan fingerprint density at radius 2 is 1.09 bits per heavy atom. The lowest BCUT2D eigenvalue weighted by Crippen LogP contribution is -2.48. The number of ether oxygens (including phenoxy) is 1. The number of H-pyrrole nitrogens is 1. The predicted octanol–water partition coefficient (Wildman–Crippen LogP) is 10.8. The number of amides is 2. The molecule has 0 spiro atoms. The molecule has 2 atom stereocenters. The minimum absolute atomic E-state index is 0.00872. The number of nitrogens with zero attached hydrogens (tertiary/aromatic N) is 7. The fourth-order valence-electron chi connectivity index (χ4n) is 11.9. The summed E-state index contributed by atoms with van der Waals surface area (Å²) in [5.74, 6) is 1.95. The number of aromatic hydroxyl groups is 2. The Labute approximate surface area is 472 Å². The first-order chi connectivity index (χ1) is 38.1. The van der Waals surface area contributed by atoms with Crippen molar-refractivity contribution in [1.29, 1.82) is 0 Å². The Bertz CT molecular complexity index is 3160. The molecule has 17 nitrogen and oxygen atoms in total. The fraction of sp³-hybridized carbons (Fsp3) is 0.548. The van der Waals surface area contributed by atoms with Crippen molar-refractivity contribution in [3.8, 4) is 33.8 Å². The van der Waals surface area contributed by atoms with E-state index < -0.39 is 20.2 Å². The molecule has 4 aliphatic carbocycles. The van der Waals surface area contributed by atoms with Gasteiger partial charge in [-0.15, -0.1) is 0 Å². The van der Waals surface area contributed by atoms with E-state index in [1.54, 1.807) is 46.0 Å². The van der Waals surface area contributed by atoms with Crippen LogP contribution in [0.5, 0.6) is 11.5 Å². The maximum absolute atomic E-state index is 14.0. The molecule has 2 amide bonds. The first kappa shape index (κ1) is 58.0. The number of hydrogen-bond acceptors (Lipinski definition) is 11. The smallest absolute Gasteiger partial charge is 0.270 e. The summed E-state index contributed by atoms with van der Waals surface area (Å²) in [7, 11) is -1.17. The molecule has 428 valence electrons. The van der Waals surface area contributed by atoms with Gasteiger partial charge in [0.2, 0.25) is 0 Å². The van der Waals surface area contributed by atoms with Gasteiger partial charge in [0.25, 0.3) is 11.8 Å². The van der Waals surface area contributed by atoms with Crippen LogP contribution in [0.1, 0.15) is 146 Å². The minimum atomic E-state index is -1.17. The molecule has 0 saturated heterocycles. The van der Waals surface area contributed by atoms with E-state index in [0.29, 0.717) is 59.5 Å². The number of aryl methyl sites for hydroxylation is 3. The Kier molecular flexibility index (Phi) is 17.5. The summed E-state index contributed by atoms with van der Waals surface area (Å²) in [6, 6.07) is 14.3. The highest BCUT2D eigenvalue weighted by molar-refractivity contribution is 6.76. The predicted molar refractivity (Wildman–Crippen MR) is 311 cm³/mol. The highest BCUT2D eigenvalue weighted by atomic mass is 28.3. The molecule has 0 unspecified atom stereocenters. The van der Waals surface area contributed by atoms with Crippen LogP contribution in [-0.4, -0.2) is 99.9 Å². The number of nitrogens with one attached hydrogen (secondary N) is 3. The van der Waals surface area contributed by atoms with Gasteiger partial charge in [0.1, 0.15) is 29.6 Å². The molecule has 0 aliphatic heterocycles. The van der Waals surface area contributed by atoms with E-state index in [0.717, 1.165) is 102 Å². The SMILES string of the molecule is Cc1n[nH]c(C)c1-c1ccc(CC(=O)[C@@H](NC(=O)c2ccnn2C(C)C)C(C2CC2)C2CC2)cc1O.Cc1nn(COCC[Si](C)(C)C)c(C)c1-c1ccc(CC(=O)[C@@H](NC(=O)c2ccnn2C(C)C)C(C2CC2)C2CC2)cc1O. The van der Waals surface area contributed by atoms with Gasteiger partial charge in [-0.2, -0.15) is 20.4 Å². The third-order valence-electron chi connectivity index (χ3n) is 16.6. The Hall–Kier alpha value is -6.66. The molecule has 10 rings (SSSR count). The molecule has 2 aromatic carbocycles. The summed E-state index contributed by atoms with van der Waals surface area (Å²) in [5, 5.41) is 48.7. The number of aromatic amines is 1. The van der Waals surface area contributed by atoms with Gasteiger partial charge in [0.15, 0.2) is 11.6 Å². The van der Waals surface area contributed by atoms with Crippen molar-refractivity contribution < 1.29 is 34.1 Å². The van der Waals surface area contributed by atoms with E-state index in [2.05, 4.69) is 55.8 Å². The van der Waals surface area contributed by atoms with E-state index in [4.69, 9.17) is 4.74 Å². The van der Waals surface area contributed by atoms with Crippen LogP contribution in [0.2, 0.25) is 25.7 Å². The second-order valence-corrected chi connectivity index (χ2v) is 30.7. The van der Waals surface area contributed by atoms with Crippen LogP contribution >= 0.6 is 0 Å². The van der Waals surface area contributed by atoms with Gasteiger partial charge >= 0.3 is 0 Å². The zero-order valence-electron chi connectivity index (χ0n) is 48.8. The average molecular weight is 1110 g/mol. The van der Waals surface area contributed by atoms with Crippen molar-refractivity contribution >= 4 is 31.5 Å². The van der Waals surface area contributed by atoms with E-state index in [9.17, 15) is 29.4 Å². The molecule has 18 heteroatoms. The number of carbonyl (C=O) groups excluding carboxylic acids is 4. The molecular weight excluding hydrogens is 1020 g/mol. The lowest BCUT2D eigenvalue weighted by molar-refractivity contribution is -0.122. The van der Waals surface area contributed by atoms with Crippen molar-refractivity contribution in [2.45, 2.75) is 176 Å². The molecule has 6 aromatic rings. The van der Waals surface area contributed by atoms with Crippen molar-refractivity contribution in [2.75, 3.05) is 6.61 Å². The van der Waals surface area contributed by atoms with Gasteiger partial charge in [0, 0.05) is 85.6 Å². The number of Topliss-reactive ketones (excluding diaryl/α,β-unsaturated/α-hetero) is 2. The molecular formula is C62H84N10O7Si. The third-order valence-corrected chi connectivity index (χ3v) is 18.3. The summed E-state index contributed by atoms with van der Waals surface area (Å²) >= 11 is 0. The van der Waals surface area contributed by atoms with Crippen LogP contribution in [0.4, 0.5) is 0 Å². The van der Waals surface area contributed by atoms with Gasteiger partial charge in [-0.05, 0) is 184 Å². The van der Waals surface area contributed by atoms with Crippen LogP contribution in [-0.2, 0) is 33.9 Å². The highest BCUT2D eigenvalue weighted by Gasteiger charge is 2.49. The number of phenolic OH excluding ortho intramolecular Hbond substituents is 2. The lowest BCUT2D eigenvalue weighted by atomic mass is 9.84. The van der Waals surface area contributed by atoms with E-state index in [1.165, 1.54) is 0 Å². The lowest BCUT2D eigenvalue weighted by Gasteiger charge is -2.28. The van der Waals surface area contributed by atoms with Crippen LogP contribution in [0, 0.1) is 63.2 Å². The summed E-state index contributed by atoms with van der Waals surface area (Å²) in [4.78, 5) is 54.5. The Morgan fingerprint density at radius 3 is 1.46 bits per heavy atom. The zero-order valence-corrected chi connectivity index (χ0v) is 49.8. The van der Waals surface area contributed by atoms with Crippen LogP contribution < -0.4 is 10.6 Å². The summed E-state index contributed by atoms with van der Waals surface area (Å²) < 4.78 is 11.2. The number of phenols is 2. The number of rotatable bonds is 25. The van der Waals surface area contributed by atoms with Crippen LogP contribution in [0.15, 0.2) is 60.9 Å². The number of ketones is 2. The average Bonchev–Trinajstić information content (AvgIpc) is 4.26. The van der Waals surface area contributed by atoms with Crippen molar-refractivity contribution in [3.63, 3.8) is 0 Å². The van der Waals surface area contributed by atoms with Crippen molar-refractivity contribution in [2.24, 2.45) is 35.5 Å². The van der Waals surface area contributed by atoms with E-state index >= 15 is 0 Å². The summed E-state index contributed by atoms with van der Waals surface area (Å²) in [6.07, 6.45) is 12.4.